The Bertz CT molecular complexity index is 343. The van der Waals surface area contributed by atoms with Gasteiger partial charge in [-0.1, -0.05) is 13.8 Å². The number of hydrogen-bond donors (Lipinski definition) is 0. The lowest BCUT2D eigenvalue weighted by atomic mass is 10.1. The number of aromatic nitrogens is 2. The van der Waals surface area contributed by atoms with Gasteiger partial charge in [-0.25, -0.2) is 4.98 Å². The molecule has 14 heavy (non-hydrogen) atoms. The zero-order valence-corrected chi connectivity index (χ0v) is 8.60. The number of fused-ring (bicyclic) bond motifs is 1. The van der Waals surface area contributed by atoms with Crippen molar-refractivity contribution in [2.75, 3.05) is 6.54 Å². The third-order valence-electron chi connectivity index (χ3n) is 2.57. The zero-order valence-electron chi connectivity index (χ0n) is 8.60. The number of hydrogen-bond acceptors (Lipinski definition) is 2. The molecule has 2 heterocycles. The van der Waals surface area contributed by atoms with Crippen LogP contribution in [-0.2, 0) is 17.9 Å². The van der Waals surface area contributed by atoms with E-state index in [9.17, 15) is 4.79 Å². The molecule has 4 heteroatoms. The summed E-state index contributed by atoms with van der Waals surface area (Å²) in [5, 5.41) is 0. The Kier molecular flexibility index (Phi) is 2.27. The van der Waals surface area contributed by atoms with Gasteiger partial charge in [-0.05, 0) is 0 Å². The van der Waals surface area contributed by atoms with Crippen LogP contribution in [-0.4, -0.2) is 26.9 Å². The van der Waals surface area contributed by atoms with Crippen LogP contribution < -0.4 is 0 Å². The topological polar surface area (TPSA) is 38.1 Å². The van der Waals surface area contributed by atoms with Crippen molar-refractivity contribution < 1.29 is 4.79 Å². The Labute approximate surface area is 83.5 Å². The van der Waals surface area contributed by atoms with Crippen molar-refractivity contribution in [3.8, 4) is 0 Å². The van der Waals surface area contributed by atoms with E-state index in [1.54, 1.807) is 0 Å². The van der Waals surface area contributed by atoms with Crippen LogP contribution in [0.3, 0.4) is 0 Å². The standard InChI is InChI=1S/C10H15N3O/c1-8(2)10(14)12-3-4-13-7-11-5-9(13)6-12/h5,7-8H,3-4,6H2,1-2H3. The van der Waals surface area contributed by atoms with E-state index in [4.69, 9.17) is 0 Å². The average Bonchev–Trinajstić information content (AvgIpc) is 2.62. The first-order valence-corrected chi connectivity index (χ1v) is 4.96. The average molecular weight is 193 g/mol. The number of carbonyl (C=O) groups is 1. The lowest BCUT2D eigenvalue weighted by molar-refractivity contribution is -0.135. The maximum atomic E-state index is 11.7. The molecule has 0 aliphatic carbocycles. The predicted molar refractivity (Wildman–Crippen MR) is 52.5 cm³/mol. The fourth-order valence-corrected chi connectivity index (χ4v) is 1.74. The van der Waals surface area contributed by atoms with E-state index in [-0.39, 0.29) is 11.8 Å². The second kappa shape index (κ2) is 3.44. The van der Waals surface area contributed by atoms with E-state index < -0.39 is 0 Å². The first-order valence-electron chi connectivity index (χ1n) is 4.96. The maximum Gasteiger partial charge on any atom is 0.225 e. The molecule has 0 unspecified atom stereocenters. The highest BCUT2D eigenvalue weighted by molar-refractivity contribution is 5.78. The summed E-state index contributed by atoms with van der Waals surface area (Å²) < 4.78 is 2.10. The minimum Gasteiger partial charge on any atom is -0.335 e. The quantitative estimate of drug-likeness (QED) is 0.664. The smallest absolute Gasteiger partial charge is 0.225 e. The van der Waals surface area contributed by atoms with Crippen LogP contribution in [0, 0.1) is 5.92 Å². The molecule has 0 radical (unpaired) electrons. The minimum atomic E-state index is 0.0875. The molecular weight excluding hydrogens is 178 g/mol. The van der Waals surface area contributed by atoms with Crippen LogP contribution in [0.5, 0.6) is 0 Å². The van der Waals surface area contributed by atoms with Gasteiger partial charge in [0.05, 0.1) is 18.6 Å². The summed E-state index contributed by atoms with van der Waals surface area (Å²) in [7, 11) is 0. The summed E-state index contributed by atoms with van der Waals surface area (Å²) in [6.07, 6.45) is 3.66. The lowest BCUT2D eigenvalue weighted by Crippen LogP contribution is -2.39. The van der Waals surface area contributed by atoms with E-state index in [0.29, 0.717) is 6.54 Å². The number of carbonyl (C=O) groups excluding carboxylic acids is 1. The molecule has 0 N–H and O–H groups in total. The molecule has 0 bridgehead atoms. The Morgan fingerprint density at radius 2 is 2.29 bits per heavy atom. The van der Waals surface area contributed by atoms with Gasteiger partial charge >= 0.3 is 0 Å². The van der Waals surface area contributed by atoms with Gasteiger partial charge in [-0.3, -0.25) is 4.79 Å². The number of imidazole rings is 1. The van der Waals surface area contributed by atoms with Crippen LogP contribution in [0.1, 0.15) is 19.5 Å². The van der Waals surface area contributed by atoms with Crippen molar-refractivity contribution in [2.45, 2.75) is 26.9 Å². The fourth-order valence-electron chi connectivity index (χ4n) is 1.74. The molecule has 0 fully saturated rings. The molecule has 1 aliphatic rings. The molecule has 0 spiro atoms. The van der Waals surface area contributed by atoms with Crippen molar-refractivity contribution in [2.24, 2.45) is 5.92 Å². The molecule has 1 aliphatic heterocycles. The van der Waals surface area contributed by atoms with Gasteiger partial charge in [-0.2, -0.15) is 0 Å². The molecule has 2 rings (SSSR count). The maximum absolute atomic E-state index is 11.7. The zero-order chi connectivity index (χ0) is 10.1. The lowest BCUT2D eigenvalue weighted by Gasteiger charge is -2.29. The minimum absolute atomic E-state index is 0.0875. The third-order valence-corrected chi connectivity index (χ3v) is 2.57. The van der Waals surface area contributed by atoms with Gasteiger partial charge in [0.15, 0.2) is 0 Å². The fraction of sp³-hybridized carbons (Fsp3) is 0.600. The highest BCUT2D eigenvalue weighted by Crippen LogP contribution is 2.13. The molecule has 0 atom stereocenters. The van der Waals surface area contributed by atoms with Gasteiger partial charge in [-0.15, -0.1) is 0 Å². The highest BCUT2D eigenvalue weighted by atomic mass is 16.2. The van der Waals surface area contributed by atoms with E-state index >= 15 is 0 Å². The van der Waals surface area contributed by atoms with Gasteiger partial charge in [0.1, 0.15) is 0 Å². The molecule has 76 valence electrons. The Morgan fingerprint density at radius 1 is 1.50 bits per heavy atom. The summed E-state index contributed by atoms with van der Waals surface area (Å²) in [6.45, 7) is 6.26. The van der Waals surface area contributed by atoms with Gasteiger partial charge in [0.2, 0.25) is 5.91 Å². The first kappa shape index (κ1) is 9.24. The van der Waals surface area contributed by atoms with Crippen molar-refractivity contribution in [3.05, 3.63) is 18.2 Å². The molecule has 0 saturated carbocycles. The molecule has 1 amide bonds. The predicted octanol–water partition coefficient (Wildman–Crippen LogP) is 0.881. The molecular formula is C10H15N3O. The SMILES string of the molecule is CC(C)C(=O)N1CCn2cncc2C1. The van der Waals surface area contributed by atoms with Crippen molar-refractivity contribution >= 4 is 5.91 Å². The van der Waals surface area contributed by atoms with E-state index in [0.717, 1.165) is 18.8 Å². The van der Waals surface area contributed by atoms with Gasteiger partial charge in [0.25, 0.3) is 0 Å². The molecule has 0 saturated heterocycles. The van der Waals surface area contributed by atoms with Crippen molar-refractivity contribution in [1.82, 2.24) is 14.5 Å². The number of nitrogens with zero attached hydrogens (tertiary/aromatic N) is 3. The normalized spacial score (nSPS) is 15.8. The van der Waals surface area contributed by atoms with Crippen LogP contribution in [0.4, 0.5) is 0 Å². The van der Waals surface area contributed by atoms with E-state index in [2.05, 4.69) is 9.55 Å². The molecule has 0 aromatic carbocycles. The summed E-state index contributed by atoms with van der Waals surface area (Å²) in [5.41, 5.74) is 1.13. The summed E-state index contributed by atoms with van der Waals surface area (Å²) in [6, 6.07) is 0. The third kappa shape index (κ3) is 1.52. The molecule has 4 nitrogen and oxygen atoms in total. The largest absolute Gasteiger partial charge is 0.335 e. The highest BCUT2D eigenvalue weighted by Gasteiger charge is 2.22. The molecule has 1 aromatic heterocycles. The first-order chi connectivity index (χ1) is 6.68. The van der Waals surface area contributed by atoms with Crippen LogP contribution >= 0.6 is 0 Å². The second-order valence-corrected chi connectivity index (χ2v) is 3.99. The van der Waals surface area contributed by atoms with Gasteiger partial charge in [0, 0.05) is 25.2 Å². The summed E-state index contributed by atoms with van der Waals surface area (Å²) in [4.78, 5) is 17.7. The van der Waals surface area contributed by atoms with Crippen LogP contribution in [0.25, 0.3) is 0 Å². The summed E-state index contributed by atoms with van der Waals surface area (Å²) in [5.74, 6) is 0.321. The van der Waals surface area contributed by atoms with Gasteiger partial charge < -0.3 is 9.47 Å². The Morgan fingerprint density at radius 3 is 3.00 bits per heavy atom. The summed E-state index contributed by atoms with van der Waals surface area (Å²) >= 11 is 0. The molecule has 1 aromatic rings. The van der Waals surface area contributed by atoms with Crippen molar-refractivity contribution in [3.63, 3.8) is 0 Å². The monoisotopic (exact) mass is 193 g/mol. The number of rotatable bonds is 1. The Balaban J connectivity index is 2.11. The van der Waals surface area contributed by atoms with Crippen molar-refractivity contribution in [1.29, 1.82) is 0 Å². The second-order valence-electron chi connectivity index (χ2n) is 3.99. The number of amides is 1. The Hall–Kier alpha value is -1.32. The van der Waals surface area contributed by atoms with Crippen LogP contribution in [0.2, 0.25) is 0 Å². The van der Waals surface area contributed by atoms with E-state index in [1.807, 2.05) is 31.3 Å². The van der Waals surface area contributed by atoms with Crippen LogP contribution in [0.15, 0.2) is 12.5 Å². The van der Waals surface area contributed by atoms with E-state index in [1.165, 1.54) is 0 Å².